The predicted molar refractivity (Wildman–Crippen MR) is 140 cm³/mol. The Bertz CT molecular complexity index is 840. The molecule has 1 aliphatic heterocycles. The monoisotopic (exact) mass is 573 g/mol. The minimum atomic E-state index is -0.388. The van der Waals surface area contributed by atoms with Crippen molar-refractivity contribution in [3.05, 3.63) is 62.3 Å². The molecule has 0 saturated carbocycles. The zero-order valence-electron chi connectivity index (χ0n) is 18.5. The van der Waals surface area contributed by atoms with Crippen LogP contribution in [0.2, 0.25) is 0 Å². The van der Waals surface area contributed by atoms with Crippen LogP contribution in [0, 0.1) is 16.0 Å². The first kappa shape index (κ1) is 26.5. The summed E-state index contributed by atoms with van der Waals surface area (Å²) in [7, 11) is 0. The van der Waals surface area contributed by atoms with Gasteiger partial charge in [0.05, 0.1) is 30.7 Å². The van der Waals surface area contributed by atoms with Gasteiger partial charge in [-0.25, -0.2) is 4.99 Å². The van der Waals surface area contributed by atoms with E-state index < -0.39 is 0 Å². The van der Waals surface area contributed by atoms with Crippen molar-refractivity contribution in [2.45, 2.75) is 26.4 Å². The highest BCUT2D eigenvalue weighted by Gasteiger charge is 2.23. The van der Waals surface area contributed by atoms with E-state index in [1.807, 2.05) is 0 Å². The van der Waals surface area contributed by atoms with Crippen LogP contribution in [0.5, 0.6) is 0 Å². The summed E-state index contributed by atoms with van der Waals surface area (Å²) in [5, 5.41) is 19.9. The zero-order valence-corrected chi connectivity index (χ0v) is 21.7. The second-order valence-electron chi connectivity index (χ2n) is 7.92. The van der Waals surface area contributed by atoms with Gasteiger partial charge in [-0.1, -0.05) is 32.0 Å². The number of non-ortho nitro benzene ring substituents is 1. The van der Waals surface area contributed by atoms with Gasteiger partial charge in [-0.3, -0.25) is 15.0 Å². The molecule has 0 spiro atoms. The van der Waals surface area contributed by atoms with E-state index in [1.54, 1.807) is 23.5 Å². The van der Waals surface area contributed by atoms with Gasteiger partial charge in [-0.05, 0) is 22.9 Å². The number of hydrogen-bond donors (Lipinski definition) is 2. The van der Waals surface area contributed by atoms with Crippen molar-refractivity contribution in [3.63, 3.8) is 0 Å². The third-order valence-electron chi connectivity index (χ3n) is 5.07. The number of benzene rings is 1. The first-order valence-electron chi connectivity index (χ1n) is 10.6. The van der Waals surface area contributed by atoms with Crippen molar-refractivity contribution < 1.29 is 9.66 Å². The maximum Gasteiger partial charge on any atom is 0.269 e. The lowest BCUT2D eigenvalue weighted by molar-refractivity contribution is -0.384. The minimum Gasteiger partial charge on any atom is -0.379 e. The molecule has 2 aromatic rings. The number of nitrogens with zero attached hydrogens (tertiary/aromatic N) is 3. The van der Waals surface area contributed by atoms with Crippen molar-refractivity contribution in [2.24, 2.45) is 10.9 Å². The summed E-state index contributed by atoms with van der Waals surface area (Å²) in [4.78, 5) is 19.0. The summed E-state index contributed by atoms with van der Waals surface area (Å²) in [6.07, 6.45) is 0. The number of morpholine rings is 1. The predicted octanol–water partition coefficient (Wildman–Crippen LogP) is 4.04. The van der Waals surface area contributed by atoms with Gasteiger partial charge in [-0.15, -0.1) is 35.3 Å². The summed E-state index contributed by atoms with van der Waals surface area (Å²) in [6.45, 7) is 9.66. The number of nitrogens with one attached hydrogen (secondary N) is 2. The van der Waals surface area contributed by atoms with Crippen LogP contribution in [0.4, 0.5) is 5.69 Å². The van der Waals surface area contributed by atoms with E-state index >= 15 is 0 Å². The summed E-state index contributed by atoms with van der Waals surface area (Å²) in [5.74, 6) is 1.24. The molecule has 1 saturated heterocycles. The molecule has 8 nitrogen and oxygen atoms in total. The average molecular weight is 574 g/mol. The number of ether oxygens (including phenoxy) is 1. The Kier molecular flexibility index (Phi) is 11.4. The molecule has 3 rings (SSSR count). The van der Waals surface area contributed by atoms with Gasteiger partial charge in [0.25, 0.3) is 5.69 Å². The van der Waals surface area contributed by atoms with E-state index in [2.05, 4.69) is 46.9 Å². The SMILES string of the molecule is CC(C)CNC(=NCc1ccc([N+](=O)[O-])cc1)NCC(c1cccs1)N1CCOCC1.I. The molecule has 1 aromatic carbocycles. The van der Waals surface area contributed by atoms with E-state index in [9.17, 15) is 10.1 Å². The molecule has 0 amide bonds. The molecular formula is C22H32IN5O3S. The molecule has 1 aromatic heterocycles. The Hall–Kier alpha value is -1.76. The largest absolute Gasteiger partial charge is 0.379 e. The first-order chi connectivity index (χ1) is 15.0. The zero-order chi connectivity index (χ0) is 22.1. The van der Waals surface area contributed by atoms with Gasteiger partial charge in [0, 0.05) is 43.2 Å². The van der Waals surface area contributed by atoms with Crippen LogP contribution in [0.25, 0.3) is 0 Å². The quantitative estimate of drug-likeness (QED) is 0.155. The number of rotatable bonds is 9. The number of aliphatic imine (C=N–C) groups is 1. The summed E-state index contributed by atoms with van der Waals surface area (Å²) in [5.41, 5.74) is 1.02. The second-order valence-corrected chi connectivity index (χ2v) is 8.90. The summed E-state index contributed by atoms with van der Waals surface area (Å²) in [6, 6.07) is 11.1. The van der Waals surface area contributed by atoms with Gasteiger partial charge in [0.15, 0.2) is 5.96 Å². The lowest BCUT2D eigenvalue weighted by Gasteiger charge is -2.34. The molecule has 176 valence electrons. The number of hydrogen-bond acceptors (Lipinski definition) is 6. The van der Waals surface area contributed by atoms with Gasteiger partial charge < -0.3 is 15.4 Å². The van der Waals surface area contributed by atoms with E-state index in [1.165, 1.54) is 17.0 Å². The lowest BCUT2D eigenvalue weighted by Crippen LogP contribution is -2.46. The Morgan fingerprint density at radius 2 is 1.88 bits per heavy atom. The van der Waals surface area contributed by atoms with E-state index in [-0.39, 0.29) is 40.6 Å². The molecule has 0 aliphatic carbocycles. The second kappa shape index (κ2) is 13.7. The van der Waals surface area contributed by atoms with E-state index in [0.717, 1.165) is 50.9 Å². The van der Waals surface area contributed by atoms with Crippen molar-refractivity contribution in [1.29, 1.82) is 0 Å². The van der Waals surface area contributed by atoms with Crippen molar-refractivity contribution in [2.75, 3.05) is 39.4 Å². The topological polar surface area (TPSA) is 92.0 Å². The number of nitro benzene ring substituents is 1. The highest BCUT2D eigenvalue weighted by Crippen LogP contribution is 2.25. The Morgan fingerprint density at radius 1 is 1.19 bits per heavy atom. The fraction of sp³-hybridized carbons (Fsp3) is 0.500. The van der Waals surface area contributed by atoms with Crippen molar-refractivity contribution in [1.82, 2.24) is 15.5 Å². The fourth-order valence-corrected chi connectivity index (χ4v) is 4.20. The number of guanidine groups is 1. The standard InChI is InChI=1S/C22H31N5O3S.HI/c1-17(2)14-23-22(24-15-18-5-7-19(8-6-18)27(28)29)25-16-20(21-4-3-13-31-21)26-9-11-30-12-10-26;/h3-8,13,17,20H,9-12,14-16H2,1-2H3,(H2,23,24,25);1H. The molecule has 1 aliphatic rings. The van der Waals surface area contributed by atoms with Crippen LogP contribution in [0.15, 0.2) is 46.8 Å². The summed E-state index contributed by atoms with van der Waals surface area (Å²) >= 11 is 1.77. The van der Waals surface area contributed by atoms with Crippen LogP contribution >= 0.6 is 35.3 Å². The van der Waals surface area contributed by atoms with Gasteiger partial charge in [0.2, 0.25) is 0 Å². The molecule has 0 bridgehead atoms. The molecule has 2 heterocycles. The highest BCUT2D eigenvalue weighted by atomic mass is 127. The van der Waals surface area contributed by atoms with Crippen molar-refractivity contribution in [3.8, 4) is 0 Å². The Morgan fingerprint density at radius 3 is 2.47 bits per heavy atom. The average Bonchev–Trinajstić information content (AvgIpc) is 3.30. The van der Waals surface area contributed by atoms with Gasteiger partial charge in [-0.2, -0.15) is 0 Å². The van der Waals surface area contributed by atoms with Crippen molar-refractivity contribution >= 4 is 47.0 Å². The molecule has 1 unspecified atom stereocenters. The van der Waals surface area contributed by atoms with Crippen LogP contribution < -0.4 is 10.6 Å². The van der Waals surface area contributed by atoms with E-state index in [4.69, 9.17) is 9.73 Å². The maximum absolute atomic E-state index is 10.9. The third-order valence-corrected chi connectivity index (χ3v) is 6.04. The minimum absolute atomic E-state index is 0. The third kappa shape index (κ3) is 8.30. The van der Waals surface area contributed by atoms with Crippen LogP contribution in [0.3, 0.4) is 0 Å². The Labute approximate surface area is 210 Å². The number of halogens is 1. The normalized spacial score (nSPS) is 15.8. The molecule has 32 heavy (non-hydrogen) atoms. The first-order valence-corrected chi connectivity index (χ1v) is 11.5. The molecule has 1 fully saturated rings. The molecular weight excluding hydrogens is 541 g/mol. The van der Waals surface area contributed by atoms with Crippen LogP contribution in [0.1, 0.15) is 30.3 Å². The van der Waals surface area contributed by atoms with Crippen LogP contribution in [-0.4, -0.2) is 55.2 Å². The highest BCUT2D eigenvalue weighted by molar-refractivity contribution is 14.0. The van der Waals surface area contributed by atoms with Crippen LogP contribution in [-0.2, 0) is 11.3 Å². The van der Waals surface area contributed by atoms with E-state index in [0.29, 0.717) is 12.5 Å². The van der Waals surface area contributed by atoms with Gasteiger partial charge >= 0.3 is 0 Å². The number of nitro groups is 1. The molecule has 1 atom stereocenters. The molecule has 10 heteroatoms. The fourth-order valence-electron chi connectivity index (χ4n) is 3.34. The lowest BCUT2D eigenvalue weighted by atomic mass is 10.2. The summed E-state index contributed by atoms with van der Waals surface area (Å²) < 4.78 is 5.53. The number of thiophene rings is 1. The molecule has 0 radical (unpaired) electrons. The Balaban J connectivity index is 0.00000363. The smallest absolute Gasteiger partial charge is 0.269 e. The van der Waals surface area contributed by atoms with Gasteiger partial charge in [0.1, 0.15) is 0 Å². The maximum atomic E-state index is 10.9. The molecule has 2 N–H and O–H groups in total.